The number of likely N-dealkylation sites (N-methyl/N-ethyl adjacent to an activating group) is 1. The fourth-order valence-electron chi connectivity index (χ4n) is 2.02. The average molecular weight is 413 g/mol. The molecule has 0 aliphatic heterocycles. The minimum atomic E-state index is -3.86. The fraction of sp³-hybridized carbons (Fsp3) is 0.500. The molecule has 2 amide bonds. The molecule has 156 valence electrons. The molecule has 1 aromatic rings. The summed E-state index contributed by atoms with van der Waals surface area (Å²) in [5, 5.41) is 2.71. The summed E-state index contributed by atoms with van der Waals surface area (Å²) in [5.41, 5.74) is 0.472. The van der Waals surface area contributed by atoms with Gasteiger partial charge in [0, 0.05) is 12.6 Å². The van der Waals surface area contributed by atoms with E-state index in [2.05, 4.69) is 10.0 Å². The van der Waals surface area contributed by atoms with E-state index in [1.165, 1.54) is 19.2 Å². The number of amides is 2. The lowest BCUT2D eigenvalue weighted by atomic mass is 10.1. The molecule has 28 heavy (non-hydrogen) atoms. The molecule has 9 nitrogen and oxygen atoms in total. The fourth-order valence-corrected chi connectivity index (χ4v) is 2.99. The normalized spacial score (nSPS) is 11.6. The predicted molar refractivity (Wildman–Crippen MR) is 103 cm³/mol. The zero-order valence-electron chi connectivity index (χ0n) is 16.7. The molecule has 0 fully saturated rings. The van der Waals surface area contributed by atoms with Crippen LogP contribution in [0.1, 0.15) is 26.3 Å². The van der Waals surface area contributed by atoms with Gasteiger partial charge in [0.2, 0.25) is 15.9 Å². The Labute approximate surface area is 165 Å². The number of sulfonamides is 1. The maximum atomic E-state index is 12.1. The molecule has 0 atom stereocenters. The Morgan fingerprint density at radius 3 is 2.21 bits per heavy atom. The first kappa shape index (κ1) is 23.6. The second kappa shape index (κ2) is 9.65. The summed E-state index contributed by atoms with van der Waals surface area (Å²) < 4.78 is 31.1. The van der Waals surface area contributed by atoms with Crippen molar-refractivity contribution in [1.29, 1.82) is 0 Å². The zero-order valence-corrected chi connectivity index (χ0v) is 17.6. The van der Waals surface area contributed by atoms with Crippen molar-refractivity contribution in [3.63, 3.8) is 0 Å². The molecule has 0 heterocycles. The smallest absolute Gasteiger partial charge is 0.321 e. The first-order valence-electron chi connectivity index (χ1n) is 8.57. The van der Waals surface area contributed by atoms with Crippen LogP contribution < -0.4 is 10.0 Å². The summed E-state index contributed by atoms with van der Waals surface area (Å²) in [7, 11) is -2.46. The molecule has 0 radical (unpaired) electrons. The largest absolute Gasteiger partial charge is 0.455 e. The van der Waals surface area contributed by atoms with Gasteiger partial charge in [-0.1, -0.05) is 17.7 Å². The third-order valence-corrected chi connectivity index (χ3v) is 4.83. The van der Waals surface area contributed by atoms with Crippen LogP contribution in [0.5, 0.6) is 0 Å². The topological polar surface area (TPSA) is 122 Å². The number of hydrogen-bond donors (Lipinski definition) is 2. The summed E-state index contributed by atoms with van der Waals surface area (Å²) in [4.78, 5) is 36.6. The lowest BCUT2D eigenvalue weighted by Crippen LogP contribution is -2.47. The van der Waals surface area contributed by atoms with Crippen molar-refractivity contribution >= 4 is 27.8 Å². The van der Waals surface area contributed by atoms with E-state index in [1.54, 1.807) is 12.1 Å². The minimum Gasteiger partial charge on any atom is -0.455 e. The Morgan fingerprint density at radius 2 is 1.68 bits per heavy atom. The number of ether oxygens (including phenoxy) is 1. The van der Waals surface area contributed by atoms with Gasteiger partial charge in [-0.3, -0.25) is 14.4 Å². The molecule has 2 N–H and O–H groups in total. The number of nitrogens with zero attached hydrogens (tertiary/aromatic N) is 1. The standard InChI is InChI=1S/C18H27N3O6S/c1-13-6-8-14(9-7-13)28(25,26)19-10-17(24)27-12-16(23)21(5)11-15(22)20-18(2,3)4/h6-9,19H,10-12H2,1-5H3,(H,20,22). The van der Waals surface area contributed by atoms with Gasteiger partial charge in [0.25, 0.3) is 5.91 Å². The lowest BCUT2D eigenvalue weighted by Gasteiger charge is -2.23. The van der Waals surface area contributed by atoms with E-state index in [1.807, 2.05) is 27.7 Å². The average Bonchev–Trinajstić information content (AvgIpc) is 2.56. The van der Waals surface area contributed by atoms with Gasteiger partial charge in [0.15, 0.2) is 6.61 Å². The number of carbonyl (C=O) groups excluding carboxylic acids is 3. The van der Waals surface area contributed by atoms with Crippen molar-refractivity contribution in [2.24, 2.45) is 0 Å². The lowest BCUT2D eigenvalue weighted by molar-refractivity contribution is -0.151. The molecule has 0 spiro atoms. The monoisotopic (exact) mass is 413 g/mol. The highest BCUT2D eigenvalue weighted by atomic mass is 32.2. The second-order valence-electron chi connectivity index (χ2n) is 7.35. The third kappa shape index (κ3) is 8.49. The molecule has 0 aromatic heterocycles. The molecular formula is C18H27N3O6S. The Bertz CT molecular complexity index is 813. The first-order chi connectivity index (χ1) is 12.8. The summed E-state index contributed by atoms with van der Waals surface area (Å²) >= 11 is 0. The SMILES string of the molecule is Cc1ccc(S(=O)(=O)NCC(=O)OCC(=O)N(C)CC(=O)NC(C)(C)C)cc1. The highest BCUT2D eigenvalue weighted by molar-refractivity contribution is 7.89. The number of rotatable bonds is 8. The molecule has 0 aliphatic carbocycles. The Kier molecular flexibility index (Phi) is 8.13. The van der Waals surface area contributed by atoms with E-state index < -0.39 is 40.6 Å². The van der Waals surface area contributed by atoms with Crippen LogP contribution in [0.3, 0.4) is 0 Å². The first-order valence-corrected chi connectivity index (χ1v) is 10.1. The molecule has 0 aliphatic rings. The number of hydrogen-bond acceptors (Lipinski definition) is 6. The van der Waals surface area contributed by atoms with E-state index in [0.717, 1.165) is 10.5 Å². The summed E-state index contributed by atoms with van der Waals surface area (Å²) in [6, 6.07) is 6.11. The zero-order chi connectivity index (χ0) is 21.5. The number of nitrogens with one attached hydrogen (secondary N) is 2. The van der Waals surface area contributed by atoms with E-state index in [-0.39, 0.29) is 17.3 Å². The molecule has 1 rings (SSSR count). The molecule has 0 unspecified atom stereocenters. The number of benzene rings is 1. The van der Waals surface area contributed by atoms with Gasteiger partial charge in [-0.25, -0.2) is 8.42 Å². The van der Waals surface area contributed by atoms with Gasteiger partial charge < -0.3 is 15.0 Å². The van der Waals surface area contributed by atoms with Crippen molar-refractivity contribution in [3.8, 4) is 0 Å². The Morgan fingerprint density at radius 1 is 1.11 bits per heavy atom. The number of esters is 1. The summed E-state index contributed by atoms with van der Waals surface area (Å²) in [6.45, 7) is 5.86. The van der Waals surface area contributed by atoms with Gasteiger partial charge in [-0.05, 0) is 39.8 Å². The third-order valence-electron chi connectivity index (χ3n) is 3.42. The Balaban J connectivity index is 2.44. The second-order valence-corrected chi connectivity index (χ2v) is 9.11. The van der Waals surface area contributed by atoms with Crippen LogP contribution in [0.25, 0.3) is 0 Å². The highest BCUT2D eigenvalue weighted by Crippen LogP contribution is 2.09. The van der Waals surface area contributed by atoms with Crippen molar-refractivity contribution < 1.29 is 27.5 Å². The van der Waals surface area contributed by atoms with Gasteiger partial charge in [-0.2, -0.15) is 4.72 Å². The van der Waals surface area contributed by atoms with Crippen LogP contribution >= 0.6 is 0 Å². The van der Waals surface area contributed by atoms with Crippen LogP contribution in [0.15, 0.2) is 29.2 Å². The summed E-state index contributed by atoms with van der Waals surface area (Å²) in [6.07, 6.45) is 0. The molecule has 0 saturated heterocycles. The molecule has 1 aromatic carbocycles. The van der Waals surface area contributed by atoms with Crippen LogP contribution in [0.4, 0.5) is 0 Å². The maximum absolute atomic E-state index is 12.1. The number of aryl methyl sites for hydroxylation is 1. The summed E-state index contributed by atoms with van der Waals surface area (Å²) in [5.74, 6) is -1.84. The molecular weight excluding hydrogens is 386 g/mol. The van der Waals surface area contributed by atoms with Crippen LogP contribution in [-0.4, -0.2) is 63.4 Å². The molecule has 0 saturated carbocycles. The quantitative estimate of drug-likeness (QED) is 0.587. The van der Waals surface area contributed by atoms with E-state index in [4.69, 9.17) is 4.74 Å². The van der Waals surface area contributed by atoms with Gasteiger partial charge in [0.1, 0.15) is 6.54 Å². The van der Waals surface area contributed by atoms with Crippen LogP contribution in [0.2, 0.25) is 0 Å². The van der Waals surface area contributed by atoms with Gasteiger partial charge in [-0.15, -0.1) is 0 Å². The van der Waals surface area contributed by atoms with Crippen molar-refractivity contribution in [3.05, 3.63) is 29.8 Å². The van der Waals surface area contributed by atoms with Gasteiger partial charge in [0.05, 0.1) is 11.4 Å². The molecule has 10 heteroatoms. The van der Waals surface area contributed by atoms with Crippen LogP contribution in [-0.2, 0) is 29.1 Å². The Hall–Kier alpha value is -2.46. The highest BCUT2D eigenvalue weighted by Gasteiger charge is 2.20. The van der Waals surface area contributed by atoms with E-state index in [0.29, 0.717) is 0 Å². The van der Waals surface area contributed by atoms with Crippen molar-refractivity contribution in [1.82, 2.24) is 14.9 Å². The van der Waals surface area contributed by atoms with Crippen molar-refractivity contribution in [2.75, 3.05) is 26.7 Å². The van der Waals surface area contributed by atoms with Crippen LogP contribution in [0, 0.1) is 6.92 Å². The van der Waals surface area contributed by atoms with E-state index in [9.17, 15) is 22.8 Å². The minimum absolute atomic E-state index is 0.0200. The predicted octanol–water partition coefficient (Wildman–Crippen LogP) is 0.190. The molecule has 0 bridgehead atoms. The number of carbonyl (C=O) groups is 3. The van der Waals surface area contributed by atoms with E-state index >= 15 is 0 Å². The van der Waals surface area contributed by atoms with Crippen molar-refractivity contribution in [2.45, 2.75) is 38.1 Å². The van der Waals surface area contributed by atoms with Gasteiger partial charge >= 0.3 is 5.97 Å². The maximum Gasteiger partial charge on any atom is 0.321 e.